The molecule has 0 aliphatic carbocycles. The van der Waals surface area contributed by atoms with Gasteiger partial charge in [0.1, 0.15) is 4.90 Å². The molecule has 0 fully saturated rings. The number of pyridine rings is 1. The molecule has 0 bridgehead atoms. The van der Waals surface area contributed by atoms with E-state index in [4.69, 9.17) is 0 Å². The van der Waals surface area contributed by atoms with Crippen molar-refractivity contribution in [1.29, 1.82) is 0 Å². The first-order chi connectivity index (χ1) is 10.5. The van der Waals surface area contributed by atoms with Gasteiger partial charge >= 0.3 is 0 Å². The Morgan fingerprint density at radius 2 is 1.91 bits per heavy atom. The average molecular weight is 320 g/mol. The van der Waals surface area contributed by atoms with Gasteiger partial charge in [-0.3, -0.25) is 4.98 Å². The van der Waals surface area contributed by atoms with Crippen LogP contribution >= 0.6 is 0 Å². The molecule has 1 unspecified atom stereocenters. The monoisotopic (exact) mass is 320 g/mol. The number of sulfonamides is 1. The highest BCUT2D eigenvalue weighted by atomic mass is 32.2. The van der Waals surface area contributed by atoms with Gasteiger partial charge in [0.05, 0.1) is 5.52 Å². The van der Waals surface area contributed by atoms with Crippen LogP contribution in [0.25, 0.3) is 10.9 Å². The van der Waals surface area contributed by atoms with E-state index >= 15 is 0 Å². The molecule has 5 heteroatoms. The van der Waals surface area contributed by atoms with Gasteiger partial charge in [0.15, 0.2) is 0 Å². The zero-order chi connectivity index (χ0) is 16.0. The summed E-state index contributed by atoms with van der Waals surface area (Å²) in [5.74, 6) is 0. The molecule has 1 N–H and O–H groups in total. The molecule has 0 radical (unpaired) electrons. The molecule has 1 aromatic carbocycles. The van der Waals surface area contributed by atoms with Crippen molar-refractivity contribution in [2.75, 3.05) is 0 Å². The highest BCUT2D eigenvalue weighted by molar-refractivity contribution is 7.89. The van der Waals surface area contributed by atoms with Crippen LogP contribution in [0.3, 0.4) is 0 Å². The van der Waals surface area contributed by atoms with Crippen LogP contribution in [-0.4, -0.2) is 19.4 Å². The summed E-state index contributed by atoms with van der Waals surface area (Å²) >= 11 is 0. The maximum absolute atomic E-state index is 12.6. The Morgan fingerprint density at radius 3 is 2.68 bits per heavy atom. The summed E-state index contributed by atoms with van der Waals surface area (Å²) < 4.78 is 28.0. The normalized spacial score (nSPS) is 13.4. The second-order valence-electron chi connectivity index (χ2n) is 5.70. The predicted octanol–water partition coefficient (Wildman–Crippen LogP) is 3.87. The Kier molecular flexibility index (Phi) is 5.91. The van der Waals surface area contributed by atoms with E-state index in [1.807, 2.05) is 25.1 Å². The lowest BCUT2D eigenvalue weighted by Crippen LogP contribution is -2.32. The molecule has 2 aromatic rings. The summed E-state index contributed by atoms with van der Waals surface area (Å²) in [5, 5.41) is 0.834. The Balaban J connectivity index is 2.12. The van der Waals surface area contributed by atoms with Crippen LogP contribution in [0.1, 0.15) is 46.0 Å². The van der Waals surface area contributed by atoms with Gasteiger partial charge in [-0.2, -0.15) is 0 Å². The van der Waals surface area contributed by atoms with Gasteiger partial charge in [-0.15, -0.1) is 0 Å². The van der Waals surface area contributed by atoms with Crippen molar-refractivity contribution in [2.24, 2.45) is 0 Å². The van der Waals surface area contributed by atoms with Crippen LogP contribution in [0, 0.1) is 0 Å². The molecule has 2 rings (SSSR count). The summed E-state index contributed by atoms with van der Waals surface area (Å²) in [6.07, 6.45) is 7.06. The fraction of sp³-hybridized carbons (Fsp3) is 0.471. The molecule has 0 saturated heterocycles. The van der Waals surface area contributed by atoms with E-state index in [0.29, 0.717) is 5.52 Å². The van der Waals surface area contributed by atoms with E-state index in [1.54, 1.807) is 18.3 Å². The Morgan fingerprint density at radius 1 is 1.14 bits per heavy atom. The minimum Gasteiger partial charge on any atom is -0.255 e. The lowest BCUT2D eigenvalue weighted by atomic mass is 10.1. The fourth-order valence-electron chi connectivity index (χ4n) is 2.56. The van der Waals surface area contributed by atoms with E-state index in [-0.39, 0.29) is 10.9 Å². The number of fused-ring (bicyclic) bond motifs is 1. The van der Waals surface area contributed by atoms with Crippen molar-refractivity contribution < 1.29 is 8.42 Å². The van der Waals surface area contributed by atoms with Gasteiger partial charge in [0.2, 0.25) is 10.0 Å². The van der Waals surface area contributed by atoms with E-state index in [2.05, 4.69) is 16.6 Å². The molecule has 4 nitrogen and oxygen atoms in total. The number of nitrogens with zero attached hydrogens (tertiary/aromatic N) is 1. The minimum absolute atomic E-state index is 0.0687. The minimum atomic E-state index is -3.54. The third-order valence-electron chi connectivity index (χ3n) is 3.73. The van der Waals surface area contributed by atoms with Crippen molar-refractivity contribution in [3.05, 3.63) is 36.5 Å². The Hall–Kier alpha value is -1.46. The first kappa shape index (κ1) is 16.9. The van der Waals surface area contributed by atoms with Crippen molar-refractivity contribution in [3.8, 4) is 0 Å². The molecule has 0 aliphatic rings. The SMILES string of the molecule is CCCCCCC(C)NS(=O)(=O)c1cccc2cccnc12. The second kappa shape index (κ2) is 7.70. The number of para-hydroxylation sites is 1. The third kappa shape index (κ3) is 4.27. The summed E-state index contributed by atoms with van der Waals surface area (Å²) in [5.41, 5.74) is 0.524. The molecule has 1 aromatic heterocycles. The number of nitrogens with one attached hydrogen (secondary N) is 1. The van der Waals surface area contributed by atoms with Gasteiger partial charge in [-0.1, -0.05) is 50.8 Å². The summed E-state index contributed by atoms with van der Waals surface area (Å²) in [6.45, 7) is 4.09. The Labute approximate surface area is 133 Å². The Bertz CT molecular complexity index is 708. The van der Waals surface area contributed by atoms with Gasteiger partial charge in [-0.05, 0) is 25.5 Å². The molecule has 0 amide bonds. The van der Waals surface area contributed by atoms with Crippen molar-refractivity contribution in [2.45, 2.75) is 56.9 Å². The number of rotatable bonds is 8. The number of benzene rings is 1. The quantitative estimate of drug-likeness (QED) is 0.751. The molecule has 22 heavy (non-hydrogen) atoms. The predicted molar refractivity (Wildman–Crippen MR) is 90.3 cm³/mol. The fourth-order valence-corrected chi connectivity index (χ4v) is 4.01. The molecule has 0 aliphatic heterocycles. The second-order valence-corrected chi connectivity index (χ2v) is 7.39. The number of hydrogen-bond acceptors (Lipinski definition) is 3. The molecular weight excluding hydrogens is 296 g/mol. The van der Waals surface area contributed by atoms with Crippen LogP contribution in [0.2, 0.25) is 0 Å². The number of aromatic nitrogens is 1. The van der Waals surface area contributed by atoms with Crippen molar-refractivity contribution >= 4 is 20.9 Å². The van der Waals surface area contributed by atoms with Gasteiger partial charge in [0.25, 0.3) is 0 Å². The van der Waals surface area contributed by atoms with Gasteiger partial charge < -0.3 is 0 Å². The summed E-state index contributed by atoms with van der Waals surface area (Å²) in [6, 6.07) is 8.85. The highest BCUT2D eigenvalue weighted by Gasteiger charge is 2.20. The van der Waals surface area contributed by atoms with Crippen LogP contribution in [0.15, 0.2) is 41.4 Å². The molecule has 0 saturated carbocycles. The van der Waals surface area contributed by atoms with Crippen LogP contribution in [0.4, 0.5) is 0 Å². The van der Waals surface area contributed by atoms with Crippen LogP contribution in [-0.2, 0) is 10.0 Å². The van der Waals surface area contributed by atoms with E-state index in [1.165, 1.54) is 12.8 Å². The largest absolute Gasteiger partial charge is 0.255 e. The lowest BCUT2D eigenvalue weighted by molar-refractivity contribution is 0.522. The molecule has 1 atom stereocenters. The van der Waals surface area contributed by atoms with Crippen LogP contribution in [0.5, 0.6) is 0 Å². The lowest BCUT2D eigenvalue weighted by Gasteiger charge is -2.15. The highest BCUT2D eigenvalue weighted by Crippen LogP contribution is 2.21. The molecular formula is C17H24N2O2S. The maximum atomic E-state index is 12.6. The summed E-state index contributed by atoms with van der Waals surface area (Å²) in [4.78, 5) is 4.48. The molecule has 1 heterocycles. The van der Waals surface area contributed by atoms with E-state index in [9.17, 15) is 8.42 Å². The molecule has 120 valence electrons. The van der Waals surface area contributed by atoms with E-state index in [0.717, 1.165) is 24.6 Å². The zero-order valence-electron chi connectivity index (χ0n) is 13.2. The topological polar surface area (TPSA) is 59.1 Å². The standard InChI is InChI=1S/C17H24N2O2S/c1-3-4-5-6-9-14(2)19-22(20,21)16-12-7-10-15-11-8-13-18-17(15)16/h7-8,10-14,19H,3-6,9H2,1-2H3. The summed E-state index contributed by atoms with van der Waals surface area (Å²) in [7, 11) is -3.54. The van der Waals surface area contributed by atoms with Crippen LogP contribution < -0.4 is 4.72 Å². The zero-order valence-corrected chi connectivity index (χ0v) is 14.1. The van der Waals surface area contributed by atoms with E-state index < -0.39 is 10.0 Å². The first-order valence-corrected chi connectivity index (χ1v) is 9.39. The average Bonchev–Trinajstić information content (AvgIpc) is 2.50. The van der Waals surface area contributed by atoms with Crippen molar-refractivity contribution in [1.82, 2.24) is 9.71 Å². The van der Waals surface area contributed by atoms with Gasteiger partial charge in [-0.25, -0.2) is 13.1 Å². The first-order valence-electron chi connectivity index (χ1n) is 7.90. The van der Waals surface area contributed by atoms with Gasteiger partial charge in [0, 0.05) is 17.6 Å². The number of hydrogen-bond donors (Lipinski definition) is 1. The van der Waals surface area contributed by atoms with Crippen molar-refractivity contribution in [3.63, 3.8) is 0 Å². The maximum Gasteiger partial charge on any atom is 0.242 e. The third-order valence-corrected chi connectivity index (χ3v) is 5.35. The molecule has 0 spiro atoms. The smallest absolute Gasteiger partial charge is 0.242 e. The number of unbranched alkanes of at least 4 members (excludes halogenated alkanes) is 3.